The zero-order chi connectivity index (χ0) is 22.8. The van der Waals surface area contributed by atoms with Crippen LogP contribution in [0.1, 0.15) is 0 Å². The number of hydrogen-bond donors (Lipinski definition) is 0. The highest BCUT2D eigenvalue weighted by molar-refractivity contribution is 6.41. The van der Waals surface area contributed by atoms with Crippen molar-refractivity contribution < 1.29 is 14.2 Å². The van der Waals surface area contributed by atoms with Gasteiger partial charge >= 0.3 is 0 Å². The van der Waals surface area contributed by atoms with Gasteiger partial charge in [-0.2, -0.15) is 0 Å². The molecule has 0 spiro atoms. The van der Waals surface area contributed by atoms with E-state index in [2.05, 4.69) is 9.88 Å². The number of halogens is 3. The van der Waals surface area contributed by atoms with Gasteiger partial charge in [-0.1, -0.05) is 34.8 Å². The molecule has 1 saturated heterocycles. The van der Waals surface area contributed by atoms with E-state index >= 15 is 0 Å². The molecule has 170 valence electrons. The van der Waals surface area contributed by atoms with Gasteiger partial charge in [-0.05, 0) is 12.1 Å². The van der Waals surface area contributed by atoms with Gasteiger partial charge in [0.15, 0.2) is 0 Å². The Hall–Kier alpha value is -2.03. The molecule has 0 N–H and O–H groups in total. The number of morpholine rings is 1. The Morgan fingerprint density at radius 3 is 2.28 bits per heavy atom. The lowest BCUT2D eigenvalue weighted by Crippen LogP contribution is -2.39. The normalized spacial score (nSPS) is 14.7. The zero-order valence-corrected chi connectivity index (χ0v) is 19.9. The van der Waals surface area contributed by atoms with E-state index in [0.717, 1.165) is 18.5 Å². The first-order valence-electron chi connectivity index (χ1n) is 10.0. The second kappa shape index (κ2) is 9.85. The molecule has 1 aliphatic rings. The average molecular weight is 499 g/mol. The largest absolute Gasteiger partial charge is 0.495 e. The van der Waals surface area contributed by atoms with Crippen molar-refractivity contribution in [2.45, 2.75) is 6.54 Å². The Kier molecular flexibility index (Phi) is 7.12. The first-order valence-corrected chi connectivity index (χ1v) is 11.2. The van der Waals surface area contributed by atoms with Gasteiger partial charge in [-0.3, -0.25) is 9.69 Å². The number of benzene rings is 1. The van der Waals surface area contributed by atoms with Crippen LogP contribution in [0, 0.1) is 0 Å². The number of pyridine rings is 2. The molecule has 0 aliphatic carbocycles. The van der Waals surface area contributed by atoms with E-state index in [4.69, 9.17) is 49.0 Å². The van der Waals surface area contributed by atoms with Crippen molar-refractivity contribution in [1.29, 1.82) is 0 Å². The SMILES string of the molecule is COc1cc(OC)c(Cl)c(-c2cc3cnc(Cl)cc3n(CCN3CCOCC3)c2=O)c1Cl. The molecule has 0 saturated carbocycles. The predicted molar refractivity (Wildman–Crippen MR) is 127 cm³/mol. The number of ether oxygens (including phenoxy) is 3. The molecular formula is C22H22Cl3N3O4. The first-order chi connectivity index (χ1) is 15.4. The fraction of sp³-hybridized carbons (Fsp3) is 0.364. The maximum atomic E-state index is 13.7. The zero-order valence-electron chi connectivity index (χ0n) is 17.7. The summed E-state index contributed by atoms with van der Waals surface area (Å²) in [5, 5.41) is 1.51. The molecule has 0 atom stereocenters. The van der Waals surface area contributed by atoms with Crippen LogP contribution >= 0.6 is 34.8 Å². The molecule has 0 amide bonds. The third-order valence-electron chi connectivity index (χ3n) is 5.53. The molecule has 3 aromatic rings. The fourth-order valence-corrected chi connectivity index (χ4v) is 4.69. The van der Waals surface area contributed by atoms with Crippen molar-refractivity contribution in [2.75, 3.05) is 47.1 Å². The number of hydrogen-bond acceptors (Lipinski definition) is 6. The topological polar surface area (TPSA) is 65.8 Å². The quantitative estimate of drug-likeness (QED) is 0.470. The predicted octanol–water partition coefficient (Wildman–Crippen LogP) is 4.37. The van der Waals surface area contributed by atoms with E-state index in [1.807, 2.05) is 0 Å². The number of fused-ring (bicyclic) bond motifs is 1. The lowest BCUT2D eigenvalue weighted by molar-refractivity contribution is 0.0364. The van der Waals surface area contributed by atoms with Gasteiger partial charge in [0.2, 0.25) is 0 Å². The standard InChI is InChI=1S/C22H22Cl3N3O4/c1-30-16-11-17(31-2)21(25)19(20(16)24)14-9-13-12-26-18(23)10-15(13)28(22(14)29)4-3-27-5-7-32-8-6-27/h9-12H,3-8H2,1-2H3. The van der Waals surface area contributed by atoms with Crippen LogP contribution in [0.15, 0.2) is 29.2 Å². The van der Waals surface area contributed by atoms with Gasteiger partial charge in [-0.25, -0.2) is 4.98 Å². The van der Waals surface area contributed by atoms with Crippen LogP contribution in [-0.4, -0.2) is 61.5 Å². The Morgan fingerprint density at radius 1 is 1.00 bits per heavy atom. The van der Waals surface area contributed by atoms with E-state index in [1.54, 1.807) is 29.0 Å². The van der Waals surface area contributed by atoms with Crippen LogP contribution in [0.5, 0.6) is 11.5 Å². The van der Waals surface area contributed by atoms with E-state index in [-0.39, 0.29) is 15.6 Å². The number of methoxy groups -OCH3 is 2. The minimum Gasteiger partial charge on any atom is -0.495 e. The number of aromatic nitrogens is 2. The number of rotatable bonds is 6. The van der Waals surface area contributed by atoms with Gasteiger partial charge in [0.05, 0.1) is 48.6 Å². The third kappa shape index (κ3) is 4.40. The monoisotopic (exact) mass is 497 g/mol. The summed E-state index contributed by atoms with van der Waals surface area (Å²) in [7, 11) is 2.98. The molecule has 0 radical (unpaired) electrons. The van der Waals surface area contributed by atoms with E-state index < -0.39 is 0 Å². The van der Waals surface area contributed by atoms with Crippen molar-refractivity contribution >= 4 is 45.7 Å². The van der Waals surface area contributed by atoms with Crippen molar-refractivity contribution in [3.05, 3.63) is 49.9 Å². The molecular weight excluding hydrogens is 477 g/mol. The lowest BCUT2D eigenvalue weighted by Gasteiger charge is -2.27. The molecule has 0 bridgehead atoms. The average Bonchev–Trinajstić information content (AvgIpc) is 2.80. The number of nitrogens with zero attached hydrogens (tertiary/aromatic N) is 3. The van der Waals surface area contributed by atoms with E-state index in [1.165, 1.54) is 14.2 Å². The summed E-state index contributed by atoms with van der Waals surface area (Å²) in [6.45, 7) is 4.14. The highest BCUT2D eigenvalue weighted by Crippen LogP contribution is 2.45. The van der Waals surface area contributed by atoms with Crippen molar-refractivity contribution in [2.24, 2.45) is 0 Å². The summed E-state index contributed by atoms with van der Waals surface area (Å²) >= 11 is 19.4. The lowest BCUT2D eigenvalue weighted by atomic mass is 10.0. The fourth-order valence-electron chi connectivity index (χ4n) is 3.84. The molecule has 0 unspecified atom stereocenters. The van der Waals surface area contributed by atoms with Crippen molar-refractivity contribution in [1.82, 2.24) is 14.5 Å². The van der Waals surface area contributed by atoms with Crippen LogP contribution in [-0.2, 0) is 11.3 Å². The second-order valence-electron chi connectivity index (χ2n) is 7.32. The minimum absolute atomic E-state index is 0.233. The maximum Gasteiger partial charge on any atom is 0.259 e. The Balaban J connectivity index is 1.91. The highest BCUT2D eigenvalue weighted by atomic mass is 35.5. The molecule has 1 aliphatic heterocycles. The van der Waals surface area contributed by atoms with E-state index in [9.17, 15) is 4.79 Å². The molecule has 3 heterocycles. The van der Waals surface area contributed by atoms with Crippen LogP contribution in [0.3, 0.4) is 0 Å². The molecule has 32 heavy (non-hydrogen) atoms. The Bertz CT molecular complexity index is 1180. The summed E-state index contributed by atoms with van der Waals surface area (Å²) < 4.78 is 17.9. The van der Waals surface area contributed by atoms with Crippen LogP contribution < -0.4 is 15.0 Å². The molecule has 4 rings (SSSR count). The highest BCUT2D eigenvalue weighted by Gasteiger charge is 2.23. The summed E-state index contributed by atoms with van der Waals surface area (Å²) in [4.78, 5) is 20.2. The summed E-state index contributed by atoms with van der Waals surface area (Å²) in [5.74, 6) is 0.716. The van der Waals surface area contributed by atoms with Crippen LogP contribution in [0.4, 0.5) is 0 Å². The first kappa shape index (κ1) is 23.1. The molecule has 7 nitrogen and oxygen atoms in total. The summed E-state index contributed by atoms with van der Waals surface area (Å²) in [6, 6.07) is 5.00. The van der Waals surface area contributed by atoms with Crippen LogP contribution in [0.25, 0.3) is 22.0 Å². The minimum atomic E-state index is -0.243. The molecule has 1 aromatic carbocycles. The Labute approximate surface area is 200 Å². The van der Waals surface area contributed by atoms with Gasteiger partial charge < -0.3 is 18.8 Å². The van der Waals surface area contributed by atoms with Gasteiger partial charge in [0, 0.05) is 49.4 Å². The Morgan fingerprint density at radius 2 is 1.66 bits per heavy atom. The van der Waals surface area contributed by atoms with Crippen molar-refractivity contribution in [3.8, 4) is 22.6 Å². The van der Waals surface area contributed by atoms with Gasteiger partial charge in [0.1, 0.15) is 16.7 Å². The summed E-state index contributed by atoms with van der Waals surface area (Å²) in [6.07, 6.45) is 1.63. The van der Waals surface area contributed by atoms with Crippen molar-refractivity contribution in [3.63, 3.8) is 0 Å². The molecule has 1 fully saturated rings. The van der Waals surface area contributed by atoms with Gasteiger partial charge in [-0.15, -0.1) is 0 Å². The van der Waals surface area contributed by atoms with Crippen LogP contribution in [0.2, 0.25) is 15.2 Å². The second-order valence-corrected chi connectivity index (χ2v) is 8.46. The van der Waals surface area contributed by atoms with E-state index in [0.29, 0.717) is 59.6 Å². The summed E-state index contributed by atoms with van der Waals surface area (Å²) in [5.41, 5.74) is 1.13. The molecule has 2 aromatic heterocycles. The third-order valence-corrected chi connectivity index (χ3v) is 6.49. The smallest absolute Gasteiger partial charge is 0.259 e. The molecule has 10 heteroatoms. The maximum absolute atomic E-state index is 13.7. The van der Waals surface area contributed by atoms with Gasteiger partial charge in [0.25, 0.3) is 5.56 Å².